The quantitative estimate of drug-likeness (QED) is 0.737. The Hall–Kier alpha value is -3.08. The van der Waals surface area contributed by atoms with Crippen LogP contribution in [-0.2, 0) is 6.54 Å². The van der Waals surface area contributed by atoms with Crippen molar-refractivity contribution in [3.63, 3.8) is 0 Å². The monoisotopic (exact) mass is 333 g/mol. The minimum atomic E-state index is 0.543. The van der Waals surface area contributed by atoms with Crippen LogP contribution in [0.5, 0.6) is 0 Å². The molecule has 0 saturated carbocycles. The Kier molecular flexibility index (Phi) is 4.84. The number of rotatable bonds is 5. The first kappa shape index (κ1) is 16.8. The van der Waals surface area contributed by atoms with Crippen LogP contribution in [0, 0.1) is 13.8 Å². The first-order valence-corrected chi connectivity index (χ1v) is 8.24. The van der Waals surface area contributed by atoms with E-state index in [1.165, 1.54) is 11.1 Å². The number of aromatic nitrogens is 2. The van der Waals surface area contributed by atoms with Gasteiger partial charge in [0.05, 0.1) is 0 Å². The summed E-state index contributed by atoms with van der Waals surface area (Å²) in [7, 11) is 1.98. The number of nitrogens with one attached hydrogen (secondary N) is 1. The van der Waals surface area contributed by atoms with Crippen LogP contribution < -0.4 is 16.0 Å². The van der Waals surface area contributed by atoms with Crippen molar-refractivity contribution in [1.82, 2.24) is 9.97 Å². The number of nitrogen functional groups attached to an aromatic ring is 1. The average molecular weight is 333 g/mol. The molecule has 0 aliphatic heterocycles. The van der Waals surface area contributed by atoms with Gasteiger partial charge in [0.15, 0.2) is 11.6 Å². The highest BCUT2D eigenvalue weighted by molar-refractivity contribution is 5.78. The topological polar surface area (TPSA) is 67.1 Å². The fourth-order valence-electron chi connectivity index (χ4n) is 2.80. The summed E-state index contributed by atoms with van der Waals surface area (Å²) in [6, 6.07) is 16.5. The van der Waals surface area contributed by atoms with E-state index in [-0.39, 0.29) is 0 Å². The minimum Gasteiger partial charge on any atom is -0.393 e. The summed E-state index contributed by atoms with van der Waals surface area (Å²) in [5.41, 5.74) is 11.4. The molecular weight excluding hydrogens is 310 g/mol. The molecule has 25 heavy (non-hydrogen) atoms. The third-order valence-electron chi connectivity index (χ3n) is 4.12. The zero-order chi connectivity index (χ0) is 17.8. The molecule has 1 heterocycles. The van der Waals surface area contributed by atoms with Crippen molar-refractivity contribution >= 4 is 23.0 Å². The Morgan fingerprint density at radius 1 is 1.04 bits per heavy atom. The molecule has 2 aromatic carbocycles. The van der Waals surface area contributed by atoms with Crippen molar-refractivity contribution < 1.29 is 0 Å². The van der Waals surface area contributed by atoms with Crippen LogP contribution in [0.4, 0.5) is 23.0 Å². The van der Waals surface area contributed by atoms with Crippen LogP contribution in [0.3, 0.4) is 0 Å². The summed E-state index contributed by atoms with van der Waals surface area (Å²) in [5, 5.41) is 3.32. The molecule has 3 N–H and O–H groups in total. The van der Waals surface area contributed by atoms with E-state index >= 15 is 0 Å². The number of hydrogen-bond acceptors (Lipinski definition) is 5. The van der Waals surface area contributed by atoms with Gasteiger partial charge in [0.2, 0.25) is 0 Å². The van der Waals surface area contributed by atoms with Crippen molar-refractivity contribution in [2.75, 3.05) is 23.0 Å². The maximum Gasteiger partial charge on any atom is 0.159 e. The Labute approximate surface area is 148 Å². The van der Waals surface area contributed by atoms with E-state index in [0.29, 0.717) is 17.3 Å². The van der Waals surface area contributed by atoms with E-state index in [1.54, 1.807) is 6.33 Å². The summed E-state index contributed by atoms with van der Waals surface area (Å²) in [4.78, 5) is 10.7. The lowest BCUT2D eigenvalue weighted by Gasteiger charge is -2.21. The molecule has 5 heteroatoms. The maximum absolute atomic E-state index is 6.34. The van der Waals surface area contributed by atoms with Gasteiger partial charge in [-0.1, -0.05) is 48.0 Å². The normalized spacial score (nSPS) is 10.5. The molecule has 0 fully saturated rings. The fourth-order valence-corrected chi connectivity index (χ4v) is 2.80. The van der Waals surface area contributed by atoms with Crippen LogP contribution in [0.25, 0.3) is 0 Å². The summed E-state index contributed by atoms with van der Waals surface area (Å²) >= 11 is 0. The van der Waals surface area contributed by atoms with Crippen molar-refractivity contribution in [3.05, 3.63) is 71.5 Å². The highest BCUT2D eigenvalue weighted by Gasteiger charge is 2.13. The van der Waals surface area contributed by atoms with Crippen molar-refractivity contribution in [2.24, 2.45) is 0 Å². The molecule has 0 radical (unpaired) electrons. The number of hydrogen-bond donors (Lipinski definition) is 2. The van der Waals surface area contributed by atoms with Crippen LogP contribution in [0.2, 0.25) is 0 Å². The molecule has 0 bridgehead atoms. The van der Waals surface area contributed by atoms with Gasteiger partial charge >= 0.3 is 0 Å². The molecule has 0 aliphatic rings. The Morgan fingerprint density at radius 3 is 2.52 bits per heavy atom. The molecule has 0 saturated heterocycles. The van der Waals surface area contributed by atoms with Gasteiger partial charge in [-0.3, -0.25) is 0 Å². The van der Waals surface area contributed by atoms with E-state index in [0.717, 1.165) is 17.8 Å². The largest absolute Gasteiger partial charge is 0.393 e. The minimum absolute atomic E-state index is 0.543. The molecule has 0 aliphatic carbocycles. The van der Waals surface area contributed by atoms with Gasteiger partial charge in [0, 0.05) is 19.3 Å². The number of benzene rings is 2. The van der Waals surface area contributed by atoms with Gasteiger partial charge < -0.3 is 16.0 Å². The van der Waals surface area contributed by atoms with Crippen molar-refractivity contribution in [2.45, 2.75) is 20.4 Å². The van der Waals surface area contributed by atoms with Gasteiger partial charge in [-0.2, -0.15) is 0 Å². The van der Waals surface area contributed by atoms with Crippen LogP contribution >= 0.6 is 0 Å². The molecule has 3 aromatic rings. The van der Waals surface area contributed by atoms with Gasteiger partial charge in [-0.15, -0.1) is 0 Å². The third kappa shape index (κ3) is 3.88. The Balaban J connectivity index is 1.84. The summed E-state index contributed by atoms with van der Waals surface area (Å²) < 4.78 is 0. The lowest BCUT2D eigenvalue weighted by atomic mass is 10.1. The second-order valence-electron chi connectivity index (χ2n) is 6.24. The Bertz CT molecular complexity index is 861. The SMILES string of the molecule is Cc1ccc(Nc2ncnc(N(C)Cc3ccccc3)c2N)c(C)c1. The molecule has 128 valence electrons. The average Bonchev–Trinajstić information content (AvgIpc) is 2.59. The van der Waals surface area contributed by atoms with Gasteiger partial charge in [-0.25, -0.2) is 9.97 Å². The van der Waals surface area contributed by atoms with Crippen LogP contribution in [-0.4, -0.2) is 17.0 Å². The summed E-state index contributed by atoms with van der Waals surface area (Å²) in [6.07, 6.45) is 1.54. The molecule has 1 aromatic heterocycles. The predicted molar refractivity (Wildman–Crippen MR) is 104 cm³/mol. The second kappa shape index (κ2) is 7.21. The van der Waals surface area contributed by atoms with Crippen molar-refractivity contribution in [1.29, 1.82) is 0 Å². The van der Waals surface area contributed by atoms with E-state index in [9.17, 15) is 0 Å². The summed E-state index contributed by atoms with van der Waals surface area (Å²) in [6.45, 7) is 4.87. The van der Waals surface area contributed by atoms with Gasteiger partial charge in [-0.05, 0) is 31.0 Å². The van der Waals surface area contributed by atoms with E-state index in [4.69, 9.17) is 5.73 Å². The number of nitrogens with two attached hydrogens (primary N) is 1. The zero-order valence-electron chi connectivity index (χ0n) is 14.8. The number of nitrogens with zero attached hydrogens (tertiary/aromatic N) is 3. The molecule has 0 amide bonds. The molecule has 5 nitrogen and oxygen atoms in total. The highest BCUT2D eigenvalue weighted by atomic mass is 15.2. The third-order valence-corrected chi connectivity index (χ3v) is 4.12. The Morgan fingerprint density at radius 2 is 1.80 bits per heavy atom. The molecule has 3 rings (SSSR count). The molecule has 0 spiro atoms. The van der Waals surface area contributed by atoms with Gasteiger partial charge in [0.25, 0.3) is 0 Å². The predicted octanol–water partition coefficient (Wildman–Crippen LogP) is 4.06. The van der Waals surface area contributed by atoms with Crippen molar-refractivity contribution in [3.8, 4) is 0 Å². The van der Waals surface area contributed by atoms with Crippen LogP contribution in [0.1, 0.15) is 16.7 Å². The fraction of sp³-hybridized carbons (Fsp3) is 0.200. The number of aryl methyl sites for hydroxylation is 2. The highest BCUT2D eigenvalue weighted by Crippen LogP contribution is 2.29. The van der Waals surface area contributed by atoms with E-state index in [1.807, 2.05) is 36.2 Å². The molecule has 0 unspecified atom stereocenters. The summed E-state index contributed by atoms with van der Waals surface area (Å²) in [5.74, 6) is 1.34. The first-order valence-electron chi connectivity index (χ1n) is 8.24. The maximum atomic E-state index is 6.34. The second-order valence-corrected chi connectivity index (χ2v) is 6.24. The molecule has 0 atom stereocenters. The molecular formula is C20H23N5. The van der Waals surface area contributed by atoms with E-state index in [2.05, 4.69) is 53.4 Å². The lowest BCUT2D eigenvalue weighted by molar-refractivity contribution is 0.894. The lowest BCUT2D eigenvalue weighted by Crippen LogP contribution is -2.20. The zero-order valence-corrected chi connectivity index (χ0v) is 14.8. The first-order chi connectivity index (χ1) is 12.0. The smallest absolute Gasteiger partial charge is 0.159 e. The van der Waals surface area contributed by atoms with E-state index < -0.39 is 0 Å². The standard InChI is InChI=1S/C20H23N5/c1-14-9-10-17(15(2)11-14)24-19-18(21)20(23-13-22-19)25(3)12-16-7-5-4-6-8-16/h4-11,13H,12,21H2,1-3H3,(H,22,23,24). The number of anilines is 4. The van der Waals surface area contributed by atoms with Crippen LogP contribution in [0.15, 0.2) is 54.9 Å². The van der Waals surface area contributed by atoms with Gasteiger partial charge in [0.1, 0.15) is 12.0 Å².